The van der Waals surface area contributed by atoms with E-state index in [2.05, 4.69) is 10.3 Å². The number of phenols is 1. The van der Waals surface area contributed by atoms with Gasteiger partial charge >= 0.3 is 0 Å². The Balaban J connectivity index is 2.30. The molecular weight excluding hydrogens is 218 g/mol. The first kappa shape index (κ1) is 11.6. The van der Waals surface area contributed by atoms with Crippen molar-refractivity contribution in [1.82, 2.24) is 15.0 Å². The normalized spacial score (nSPS) is 10.7. The van der Waals surface area contributed by atoms with E-state index in [4.69, 9.17) is 5.11 Å². The van der Waals surface area contributed by atoms with Gasteiger partial charge in [-0.25, -0.2) is 4.68 Å². The summed E-state index contributed by atoms with van der Waals surface area (Å²) in [4.78, 5) is 0. The summed E-state index contributed by atoms with van der Waals surface area (Å²) < 4.78 is 1.71. The van der Waals surface area contributed by atoms with Gasteiger partial charge in [0.2, 0.25) is 0 Å². The molecule has 0 aliphatic rings. The van der Waals surface area contributed by atoms with Crippen molar-refractivity contribution in [3.05, 3.63) is 41.2 Å². The summed E-state index contributed by atoms with van der Waals surface area (Å²) in [6, 6.07) is 7.13. The van der Waals surface area contributed by atoms with Crippen LogP contribution in [0.3, 0.4) is 0 Å². The van der Waals surface area contributed by atoms with Crippen LogP contribution in [0.25, 0.3) is 0 Å². The Bertz CT molecular complexity index is 508. The van der Waals surface area contributed by atoms with Crippen molar-refractivity contribution < 1.29 is 10.2 Å². The molecule has 0 fully saturated rings. The number of aliphatic hydroxyl groups excluding tert-OH is 1. The van der Waals surface area contributed by atoms with Crippen LogP contribution in [0.2, 0.25) is 0 Å². The highest BCUT2D eigenvalue weighted by Crippen LogP contribution is 2.18. The molecule has 2 rings (SSSR count). The highest BCUT2D eigenvalue weighted by atomic mass is 16.3. The van der Waals surface area contributed by atoms with Gasteiger partial charge in [0.15, 0.2) is 0 Å². The molecule has 0 saturated carbocycles. The van der Waals surface area contributed by atoms with Crippen molar-refractivity contribution in [2.24, 2.45) is 0 Å². The minimum Gasteiger partial charge on any atom is -0.508 e. The molecule has 0 atom stereocenters. The van der Waals surface area contributed by atoms with Crippen LogP contribution in [0.1, 0.15) is 23.9 Å². The van der Waals surface area contributed by atoms with Crippen LogP contribution < -0.4 is 0 Å². The van der Waals surface area contributed by atoms with Gasteiger partial charge in [-0.2, -0.15) is 0 Å². The number of phenolic OH excluding ortho intramolecular Hbond substituents is 1. The Morgan fingerprint density at radius 2 is 2.06 bits per heavy atom. The average molecular weight is 233 g/mol. The third-order valence-corrected chi connectivity index (χ3v) is 2.71. The average Bonchev–Trinajstić information content (AvgIpc) is 2.74. The number of para-hydroxylation sites is 1. The highest BCUT2D eigenvalue weighted by molar-refractivity contribution is 5.32. The molecule has 0 radical (unpaired) electrons. The Morgan fingerprint density at radius 3 is 2.71 bits per heavy atom. The number of benzene rings is 1. The van der Waals surface area contributed by atoms with Crippen LogP contribution >= 0.6 is 0 Å². The summed E-state index contributed by atoms with van der Waals surface area (Å²) in [5.41, 5.74) is 2.29. The van der Waals surface area contributed by atoms with Gasteiger partial charge < -0.3 is 10.2 Å². The minimum atomic E-state index is -0.107. The van der Waals surface area contributed by atoms with Crippen LogP contribution in [0.15, 0.2) is 24.3 Å². The van der Waals surface area contributed by atoms with Crippen LogP contribution in [-0.4, -0.2) is 25.2 Å². The molecule has 1 heterocycles. The topological polar surface area (TPSA) is 71.2 Å². The summed E-state index contributed by atoms with van der Waals surface area (Å²) >= 11 is 0. The van der Waals surface area contributed by atoms with Crippen molar-refractivity contribution in [3.8, 4) is 5.75 Å². The van der Waals surface area contributed by atoms with Crippen LogP contribution in [-0.2, 0) is 19.6 Å². The number of aliphatic hydroxyl groups is 1. The molecule has 0 aliphatic heterocycles. The molecule has 90 valence electrons. The maximum atomic E-state index is 9.69. The van der Waals surface area contributed by atoms with Crippen molar-refractivity contribution >= 4 is 0 Å². The van der Waals surface area contributed by atoms with Gasteiger partial charge in [-0.15, -0.1) is 5.10 Å². The highest BCUT2D eigenvalue weighted by Gasteiger charge is 2.11. The van der Waals surface area contributed by atoms with E-state index < -0.39 is 0 Å². The summed E-state index contributed by atoms with van der Waals surface area (Å²) in [6.07, 6.45) is 0.747. The lowest BCUT2D eigenvalue weighted by Gasteiger charge is -2.07. The fourth-order valence-electron chi connectivity index (χ4n) is 1.81. The zero-order valence-electron chi connectivity index (χ0n) is 9.67. The van der Waals surface area contributed by atoms with E-state index in [9.17, 15) is 5.11 Å². The third kappa shape index (κ3) is 2.29. The predicted octanol–water partition coefficient (Wildman–Crippen LogP) is 1.09. The molecule has 1 aromatic carbocycles. The van der Waals surface area contributed by atoms with Gasteiger partial charge in [-0.05, 0) is 12.5 Å². The molecule has 5 heteroatoms. The Morgan fingerprint density at radius 1 is 1.29 bits per heavy atom. The van der Waals surface area contributed by atoms with Crippen molar-refractivity contribution in [2.75, 3.05) is 0 Å². The van der Waals surface area contributed by atoms with E-state index in [1.807, 2.05) is 19.1 Å². The van der Waals surface area contributed by atoms with Gasteiger partial charge in [0, 0.05) is 5.56 Å². The molecule has 0 bridgehead atoms. The fraction of sp³-hybridized carbons (Fsp3) is 0.333. The molecular formula is C12H15N3O2. The standard InChI is InChI=1S/C12H15N3O2/c1-2-11-10(8-16)13-14-15(11)7-9-5-3-4-6-12(9)17/h3-6,16-17H,2,7-8H2,1H3. The molecule has 2 N–H and O–H groups in total. The lowest BCUT2D eigenvalue weighted by Crippen LogP contribution is -2.07. The van der Waals surface area contributed by atoms with E-state index in [1.165, 1.54) is 0 Å². The van der Waals surface area contributed by atoms with E-state index >= 15 is 0 Å². The predicted molar refractivity (Wildman–Crippen MR) is 62.5 cm³/mol. The monoisotopic (exact) mass is 233 g/mol. The summed E-state index contributed by atoms with van der Waals surface area (Å²) in [5.74, 6) is 0.246. The van der Waals surface area contributed by atoms with Gasteiger partial charge in [-0.1, -0.05) is 30.3 Å². The molecule has 0 spiro atoms. The minimum absolute atomic E-state index is 0.107. The Hall–Kier alpha value is -1.88. The Labute approximate surface area is 99.3 Å². The quantitative estimate of drug-likeness (QED) is 0.829. The first-order valence-corrected chi connectivity index (χ1v) is 5.55. The summed E-state index contributed by atoms with van der Waals surface area (Å²) in [5, 5.41) is 26.7. The van der Waals surface area contributed by atoms with Crippen molar-refractivity contribution in [3.63, 3.8) is 0 Å². The first-order valence-electron chi connectivity index (χ1n) is 5.55. The molecule has 0 aliphatic carbocycles. The molecule has 1 aromatic heterocycles. The lowest BCUT2D eigenvalue weighted by atomic mass is 10.2. The summed E-state index contributed by atoms with van der Waals surface area (Å²) in [6.45, 7) is 2.34. The van der Waals surface area contributed by atoms with Crippen LogP contribution in [0, 0.1) is 0 Å². The molecule has 0 unspecified atom stereocenters. The van der Waals surface area contributed by atoms with Crippen LogP contribution in [0.5, 0.6) is 5.75 Å². The van der Waals surface area contributed by atoms with Gasteiger partial charge in [-0.3, -0.25) is 0 Å². The molecule has 17 heavy (non-hydrogen) atoms. The van der Waals surface area contributed by atoms with Crippen molar-refractivity contribution in [2.45, 2.75) is 26.5 Å². The number of hydrogen-bond acceptors (Lipinski definition) is 4. The second-order valence-corrected chi connectivity index (χ2v) is 3.78. The van der Waals surface area contributed by atoms with E-state index in [0.717, 1.165) is 17.7 Å². The largest absolute Gasteiger partial charge is 0.508 e. The number of hydrogen-bond donors (Lipinski definition) is 2. The third-order valence-electron chi connectivity index (χ3n) is 2.71. The number of nitrogens with zero attached hydrogens (tertiary/aromatic N) is 3. The number of rotatable bonds is 4. The number of aromatic hydroxyl groups is 1. The molecule has 0 amide bonds. The maximum absolute atomic E-state index is 9.69. The Kier molecular flexibility index (Phi) is 3.39. The first-order chi connectivity index (χ1) is 8.26. The second-order valence-electron chi connectivity index (χ2n) is 3.78. The molecule has 0 saturated heterocycles. The molecule has 2 aromatic rings. The van der Waals surface area contributed by atoms with Gasteiger partial charge in [0.05, 0.1) is 18.8 Å². The number of aromatic nitrogens is 3. The van der Waals surface area contributed by atoms with E-state index in [1.54, 1.807) is 16.8 Å². The lowest BCUT2D eigenvalue weighted by molar-refractivity contribution is 0.275. The van der Waals surface area contributed by atoms with E-state index in [0.29, 0.717) is 12.2 Å². The summed E-state index contributed by atoms with van der Waals surface area (Å²) in [7, 11) is 0. The van der Waals surface area contributed by atoms with Gasteiger partial charge in [0.25, 0.3) is 0 Å². The van der Waals surface area contributed by atoms with Crippen molar-refractivity contribution in [1.29, 1.82) is 0 Å². The zero-order valence-corrected chi connectivity index (χ0v) is 9.67. The SMILES string of the molecule is CCc1c(CO)nnn1Cc1ccccc1O. The molecule has 5 nitrogen and oxygen atoms in total. The second kappa shape index (κ2) is 4.97. The fourth-order valence-corrected chi connectivity index (χ4v) is 1.81. The smallest absolute Gasteiger partial charge is 0.120 e. The maximum Gasteiger partial charge on any atom is 0.120 e. The van der Waals surface area contributed by atoms with Gasteiger partial charge in [0.1, 0.15) is 11.4 Å². The van der Waals surface area contributed by atoms with Crippen LogP contribution in [0.4, 0.5) is 0 Å². The van der Waals surface area contributed by atoms with E-state index in [-0.39, 0.29) is 12.4 Å². The zero-order chi connectivity index (χ0) is 12.3.